The van der Waals surface area contributed by atoms with Gasteiger partial charge in [-0.3, -0.25) is 9.69 Å². The number of nitrogens with two attached hydrogens (primary N) is 1. The molecule has 2 rings (SSSR count). The van der Waals surface area contributed by atoms with E-state index in [2.05, 4.69) is 10.2 Å². The number of carbonyl (C=O) groups is 1. The van der Waals surface area contributed by atoms with Crippen molar-refractivity contribution in [3.05, 3.63) is 23.8 Å². The van der Waals surface area contributed by atoms with Crippen molar-refractivity contribution in [2.24, 2.45) is 0 Å². The lowest BCUT2D eigenvalue weighted by Gasteiger charge is -2.40. The number of anilines is 2. The van der Waals surface area contributed by atoms with Gasteiger partial charge in [-0.05, 0) is 56.8 Å². The summed E-state index contributed by atoms with van der Waals surface area (Å²) in [6, 6.07) is 5.75. The summed E-state index contributed by atoms with van der Waals surface area (Å²) < 4.78 is 0. The second-order valence-corrected chi connectivity index (χ2v) is 6.38. The summed E-state index contributed by atoms with van der Waals surface area (Å²) in [7, 11) is 0. The van der Waals surface area contributed by atoms with Gasteiger partial charge in [0.2, 0.25) is 5.91 Å². The Labute approximate surface area is 138 Å². The molecule has 0 bridgehead atoms. The molecule has 0 radical (unpaired) electrons. The topological polar surface area (TPSA) is 78.6 Å². The number of piperidine rings is 1. The molecule has 2 unspecified atom stereocenters. The fourth-order valence-electron chi connectivity index (χ4n) is 3.41. The molecule has 1 saturated heterocycles. The molecule has 1 aliphatic heterocycles. The molecule has 0 aliphatic carbocycles. The van der Waals surface area contributed by atoms with Crippen LogP contribution in [0.3, 0.4) is 0 Å². The highest BCUT2D eigenvalue weighted by atomic mass is 16.3. The van der Waals surface area contributed by atoms with Crippen molar-refractivity contribution in [2.45, 2.75) is 58.0 Å². The molecule has 1 aromatic rings. The van der Waals surface area contributed by atoms with E-state index < -0.39 is 0 Å². The molecule has 4 N–H and O–H groups in total. The molecule has 0 spiro atoms. The molecule has 23 heavy (non-hydrogen) atoms. The van der Waals surface area contributed by atoms with Crippen LogP contribution in [0.15, 0.2) is 18.2 Å². The van der Waals surface area contributed by atoms with Crippen molar-refractivity contribution in [3.63, 3.8) is 0 Å². The molecule has 2 atom stereocenters. The van der Waals surface area contributed by atoms with Crippen LogP contribution < -0.4 is 11.1 Å². The van der Waals surface area contributed by atoms with Gasteiger partial charge >= 0.3 is 0 Å². The number of nitrogens with zero attached hydrogens (tertiary/aromatic N) is 1. The van der Waals surface area contributed by atoms with E-state index in [0.717, 1.165) is 43.5 Å². The Balaban J connectivity index is 2.08. The van der Waals surface area contributed by atoms with Crippen molar-refractivity contribution in [2.75, 3.05) is 24.2 Å². The molecule has 0 saturated carbocycles. The lowest BCUT2D eigenvalue weighted by Crippen LogP contribution is -2.51. The maximum atomic E-state index is 12.7. The van der Waals surface area contributed by atoms with Gasteiger partial charge in [0.25, 0.3) is 0 Å². The quantitative estimate of drug-likeness (QED) is 0.704. The Morgan fingerprint density at radius 2 is 2.26 bits per heavy atom. The second-order valence-electron chi connectivity index (χ2n) is 6.38. The number of nitrogens with one attached hydrogen (secondary N) is 1. The van der Waals surface area contributed by atoms with Crippen LogP contribution in [-0.4, -0.2) is 41.1 Å². The number of nitrogen functional groups attached to an aromatic ring is 1. The number of rotatable bonds is 6. The number of hydrogen-bond donors (Lipinski definition) is 3. The zero-order valence-electron chi connectivity index (χ0n) is 14.2. The van der Waals surface area contributed by atoms with E-state index in [1.165, 1.54) is 6.42 Å². The van der Waals surface area contributed by atoms with Crippen LogP contribution in [0, 0.1) is 6.92 Å². The minimum atomic E-state index is -0.158. The van der Waals surface area contributed by atoms with Gasteiger partial charge in [-0.1, -0.05) is 19.4 Å². The number of hydrogen-bond acceptors (Lipinski definition) is 4. The predicted octanol–water partition coefficient (Wildman–Crippen LogP) is 2.53. The first-order valence-corrected chi connectivity index (χ1v) is 8.60. The maximum absolute atomic E-state index is 12.7. The van der Waals surface area contributed by atoms with Gasteiger partial charge in [-0.25, -0.2) is 0 Å². The molecule has 5 nitrogen and oxygen atoms in total. The van der Waals surface area contributed by atoms with E-state index in [4.69, 9.17) is 5.73 Å². The summed E-state index contributed by atoms with van der Waals surface area (Å²) in [4.78, 5) is 15.0. The van der Waals surface area contributed by atoms with Gasteiger partial charge in [-0.2, -0.15) is 0 Å². The van der Waals surface area contributed by atoms with Gasteiger partial charge in [0.15, 0.2) is 0 Å². The molecule has 1 aliphatic rings. The molecular formula is C18H29N3O2. The first kappa shape index (κ1) is 17.8. The number of carbonyl (C=O) groups excluding carboxylic acids is 1. The molecule has 1 heterocycles. The van der Waals surface area contributed by atoms with E-state index in [0.29, 0.717) is 11.7 Å². The van der Waals surface area contributed by atoms with Gasteiger partial charge < -0.3 is 16.2 Å². The van der Waals surface area contributed by atoms with Crippen molar-refractivity contribution >= 4 is 17.3 Å². The Morgan fingerprint density at radius 3 is 2.91 bits per heavy atom. The van der Waals surface area contributed by atoms with Crippen LogP contribution >= 0.6 is 0 Å². The van der Waals surface area contributed by atoms with Crippen LogP contribution in [0.25, 0.3) is 0 Å². The highest BCUT2D eigenvalue weighted by Gasteiger charge is 2.31. The van der Waals surface area contributed by atoms with Gasteiger partial charge in [0.05, 0.1) is 6.04 Å². The molecular weight excluding hydrogens is 290 g/mol. The summed E-state index contributed by atoms with van der Waals surface area (Å²) in [6.45, 7) is 5.09. The Morgan fingerprint density at radius 1 is 1.48 bits per heavy atom. The fourth-order valence-corrected chi connectivity index (χ4v) is 3.41. The van der Waals surface area contributed by atoms with Crippen molar-refractivity contribution in [1.82, 2.24) is 4.90 Å². The van der Waals surface area contributed by atoms with Crippen LogP contribution in [0.2, 0.25) is 0 Å². The minimum absolute atomic E-state index is 0.0144. The number of aliphatic hydroxyl groups is 1. The van der Waals surface area contributed by atoms with E-state index in [1.807, 2.05) is 26.0 Å². The van der Waals surface area contributed by atoms with Gasteiger partial charge in [0.1, 0.15) is 0 Å². The van der Waals surface area contributed by atoms with Crippen LogP contribution in [0.1, 0.15) is 44.6 Å². The lowest BCUT2D eigenvalue weighted by atomic mass is 9.96. The summed E-state index contributed by atoms with van der Waals surface area (Å²) >= 11 is 0. The molecule has 128 valence electrons. The monoisotopic (exact) mass is 319 g/mol. The van der Waals surface area contributed by atoms with Gasteiger partial charge in [0, 0.05) is 24.0 Å². The van der Waals surface area contributed by atoms with Crippen LogP contribution in [0.4, 0.5) is 11.4 Å². The summed E-state index contributed by atoms with van der Waals surface area (Å²) in [6.07, 6.45) is 4.84. The second kappa shape index (κ2) is 8.31. The molecule has 0 aromatic heterocycles. The minimum Gasteiger partial charge on any atom is -0.398 e. The molecule has 1 amide bonds. The Hall–Kier alpha value is -1.59. The standard InChI is InChI=1S/C18H29N3O2/c1-3-17(21-10-5-4-6-15(21)9-11-22)18(23)20-14-8-7-13(2)16(19)12-14/h7-8,12,15,17,22H,3-6,9-11,19H2,1-2H3,(H,20,23). The van der Waals surface area contributed by atoms with E-state index in [1.54, 1.807) is 6.07 Å². The molecule has 5 heteroatoms. The third-order valence-electron chi connectivity index (χ3n) is 4.77. The SMILES string of the molecule is CCC(C(=O)Nc1ccc(C)c(N)c1)N1CCCCC1CCO. The molecule has 1 aromatic carbocycles. The highest BCUT2D eigenvalue weighted by Crippen LogP contribution is 2.24. The van der Waals surface area contributed by atoms with Gasteiger partial charge in [-0.15, -0.1) is 0 Å². The number of amides is 1. The van der Waals surface area contributed by atoms with Crippen LogP contribution in [-0.2, 0) is 4.79 Å². The predicted molar refractivity (Wildman–Crippen MR) is 94.3 cm³/mol. The number of likely N-dealkylation sites (tertiary alicyclic amines) is 1. The highest BCUT2D eigenvalue weighted by molar-refractivity contribution is 5.95. The average Bonchev–Trinajstić information content (AvgIpc) is 2.53. The zero-order valence-corrected chi connectivity index (χ0v) is 14.2. The summed E-state index contributed by atoms with van der Waals surface area (Å²) in [5.74, 6) is 0.0144. The lowest BCUT2D eigenvalue weighted by molar-refractivity contribution is -0.123. The Kier molecular flexibility index (Phi) is 6.42. The van der Waals surface area contributed by atoms with E-state index in [9.17, 15) is 9.90 Å². The third-order valence-corrected chi connectivity index (χ3v) is 4.77. The van der Waals surface area contributed by atoms with Crippen molar-refractivity contribution in [3.8, 4) is 0 Å². The van der Waals surface area contributed by atoms with E-state index >= 15 is 0 Å². The van der Waals surface area contributed by atoms with Crippen LogP contribution in [0.5, 0.6) is 0 Å². The number of aryl methyl sites for hydroxylation is 1. The first-order chi connectivity index (χ1) is 11.1. The third kappa shape index (κ3) is 4.45. The summed E-state index contributed by atoms with van der Waals surface area (Å²) in [5.41, 5.74) is 8.36. The molecule has 1 fully saturated rings. The number of aliphatic hydroxyl groups excluding tert-OH is 1. The zero-order chi connectivity index (χ0) is 16.8. The largest absolute Gasteiger partial charge is 0.398 e. The number of benzene rings is 1. The normalized spacial score (nSPS) is 20.2. The Bertz CT molecular complexity index is 531. The summed E-state index contributed by atoms with van der Waals surface area (Å²) in [5, 5.41) is 12.3. The fraction of sp³-hybridized carbons (Fsp3) is 0.611. The maximum Gasteiger partial charge on any atom is 0.241 e. The first-order valence-electron chi connectivity index (χ1n) is 8.60. The van der Waals surface area contributed by atoms with Crippen molar-refractivity contribution < 1.29 is 9.90 Å². The smallest absolute Gasteiger partial charge is 0.241 e. The van der Waals surface area contributed by atoms with Crippen molar-refractivity contribution in [1.29, 1.82) is 0 Å². The van der Waals surface area contributed by atoms with E-state index in [-0.39, 0.29) is 18.6 Å². The average molecular weight is 319 g/mol.